The van der Waals surface area contributed by atoms with Gasteiger partial charge in [0.05, 0.1) is 0 Å². The summed E-state index contributed by atoms with van der Waals surface area (Å²) in [6.45, 7) is 5.05. The quantitative estimate of drug-likeness (QED) is 0.659. The van der Waals surface area contributed by atoms with Crippen LogP contribution in [0.1, 0.15) is 6.42 Å². The van der Waals surface area contributed by atoms with Crippen LogP contribution in [0.3, 0.4) is 0 Å². The zero-order chi connectivity index (χ0) is 12.5. The molecule has 0 bridgehead atoms. The van der Waals surface area contributed by atoms with Crippen LogP contribution in [0.15, 0.2) is 12.2 Å². The Hall–Kier alpha value is -0.870. The van der Waals surface area contributed by atoms with E-state index in [2.05, 4.69) is 11.9 Å². The predicted molar refractivity (Wildman–Crippen MR) is 68.8 cm³/mol. The second-order valence-corrected chi connectivity index (χ2v) is 5.85. The van der Waals surface area contributed by atoms with Gasteiger partial charge in [-0.2, -0.15) is 0 Å². The van der Waals surface area contributed by atoms with Gasteiger partial charge in [0.1, 0.15) is 0 Å². The summed E-state index contributed by atoms with van der Waals surface area (Å²) in [5.41, 5.74) is 0.416. The van der Waals surface area contributed by atoms with Gasteiger partial charge in [-0.1, -0.05) is 6.08 Å². The molecule has 0 N–H and O–H groups in total. The molecular weight excluding hydrogens is 214 g/mol. The van der Waals surface area contributed by atoms with Crippen molar-refractivity contribution in [2.45, 2.75) is 6.42 Å². The average Bonchev–Trinajstić information content (AvgIpc) is 2.57. The van der Waals surface area contributed by atoms with Crippen LogP contribution >= 0.6 is 0 Å². The Balaban J connectivity index is 1.76. The van der Waals surface area contributed by atoms with Gasteiger partial charge in [-0.15, -0.1) is 0 Å². The van der Waals surface area contributed by atoms with E-state index in [0.717, 1.165) is 26.2 Å². The van der Waals surface area contributed by atoms with Crippen molar-refractivity contribution in [2.24, 2.45) is 5.41 Å². The molecule has 1 amide bonds. The van der Waals surface area contributed by atoms with Gasteiger partial charge in [-0.3, -0.25) is 4.79 Å². The molecule has 1 spiro atoms. The van der Waals surface area contributed by atoms with Crippen LogP contribution in [0.4, 0.5) is 0 Å². The molecule has 4 heteroatoms. The van der Waals surface area contributed by atoms with E-state index in [-0.39, 0.29) is 5.91 Å². The molecule has 2 aliphatic heterocycles. The first-order valence-corrected chi connectivity index (χ1v) is 6.29. The summed E-state index contributed by atoms with van der Waals surface area (Å²) in [6.07, 6.45) is 4.90. The molecular formula is C13H23N3O. The Labute approximate surface area is 104 Å². The zero-order valence-electron chi connectivity index (χ0n) is 11.1. The molecule has 0 aromatic rings. The van der Waals surface area contributed by atoms with Crippen molar-refractivity contribution in [1.82, 2.24) is 14.7 Å². The third-order valence-corrected chi connectivity index (χ3v) is 3.72. The highest BCUT2D eigenvalue weighted by atomic mass is 16.2. The number of carbonyl (C=O) groups excluding carboxylic acids is 1. The number of hydrogen-bond acceptors (Lipinski definition) is 3. The first kappa shape index (κ1) is 12.6. The molecule has 2 heterocycles. The minimum absolute atomic E-state index is 0.173. The standard InChI is InChI=1S/C13H23N3O/c1-14(2)7-4-5-12(17)16-10-13(11-16)6-8-15(3)9-13/h4-5H,6-11H2,1-3H3/b5-4-. The SMILES string of the molecule is CN(C)C/C=C\C(=O)N1CC2(CCN(C)C2)C1. The summed E-state index contributed by atoms with van der Waals surface area (Å²) in [6, 6.07) is 0. The fourth-order valence-corrected chi connectivity index (χ4v) is 2.81. The average molecular weight is 237 g/mol. The molecule has 2 saturated heterocycles. The van der Waals surface area contributed by atoms with Crippen LogP contribution in [0.25, 0.3) is 0 Å². The van der Waals surface area contributed by atoms with Crippen molar-refractivity contribution in [3.05, 3.63) is 12.2 Å². The highest BCUT2D eigenvalue weighted by molar-refractivity contribution is 5.88. The molecule has 0 aliphatic carbocycles. The van der Waals surface area contributed by atoms with Crippen LogP contribution < -0.4 is 0 Å². The molecule has 17 heavy (non-hydrogen) atoms. The van der Waals surface area contributed by atoms with Crippen molar-refractivity contribution in [3.63, 3.8) is 0 Å². The first-order valence-electron chi connectivity index (χ1n) is 6.29. The van der Waals surface area contributed by atoms with Crippen molar-refractivity contribution < 1.29 is 4.79 Å². The normalized spacial score (nSPS) is 23.9. The van der Waals surface area contributed by atoms with Gasteiger partial charge in [-0.25, -0.2) is 0 Å². The molecule has 2 fully saturated rings. The first-order chi connectivity index (χ1) is 8.01. The van der Waals surface area contributed by atoms with Crippen molar-refractivity contribution in [3.8, 4) is 0 Å². The third kappa shape index (κ3) is 2.87. The number of rotatable bonds is 3. The van der Waals surface area contributed by atoms with Crippen LogP contribution in [0.5, 0.6) is 0 Å². The molecule has 0 atom stereocenters. The lowest BCUT2D eigenvalue weighted by atomic mass is 9.79. The Morgan fingerprint density at radius 3 is 2.59 bits per heavy atom. The largest absolute Gasteiger partial charge is 0.338 e. The van der Waals surface area contributed by atoms with E-state index in [0.29, 0.717) is 5.41 Å². The van der Waals surface area contributed by atoms with Gasteiger partial charge in [0.15, 0.2) is 0 Å². The van der Waals surface area contributed by atoms with E-state index < -0.39 is 0 Å². The second kappa shape index (κ2) is 4.78. The Kier molecular flexibility index (Phi) is 3.54. The smallest absolute Gasteiger partial charge is 0.246 e. The summed E-state index contributed by atoms with van der Waals surface area (Å²) in [5, 5.41) is 0. The topological polar surface area (TPSA) is 26.8 Å². The molecule has 0 saturated carbocycles. The third-order valence-electron chi connectivity index (χ3n) is 3.72. The van der Waals surface area contributed by atoms with Crippen LogP contribution in [-0.2, 0) is 4.79 Å². The lowest BCUT2D eigenvalue weighted by molar-refractivity contribution is -0.137. The maximum Gasteiger partial charge on any atom is 0.246 e. The molecule has 0 radical (unpaired) electrons. The van der Waals surface area contributed by atoms with E-state index in [1.807, 2.05) is 30.0 Å². The minimum Gasteiger partial charge on any atom is -0.338 e. The number of hydrogen-bond donors (Lipinski definition) is 0. The second-order valence-electron chi connectivity index (χ2n) is 5.85. The maximum absolute atomic E-state index is 11.8. The number of carbonyl (C=O) groups is 1. The van der Waals surface area contributed by atoms with Gasteiger partial charge in [0, 0.05) is 37.7 Å². The summed E-state index contributed by atoms with van der Waals surface area (Å²) >= 11 is 0. The van der Waals surface area contributed by atoms with E-state index in [9.17, 15) is 4.79 Å². The van der Waals surface area contributed by atoms with Gasteiger partial charge < -0.3 is 14.7 Å². The maximum atomic E-state index is 11.8. The van der Waals surface area contributed by atoms with E-state index in [1.54, 1.807) is 6.08 Å². The van der Waals surface area contributed by atoms with Gasteiger partial charge >= 0.3 is 0 Å². The summed E-state index contributed by atoms with van der Waals surface area (Å²) < 4.78 is 0. The molecule has 0 aromatic heterocycles. The lowest BCUT2D eigenvalue weighted by Gasteiger charge is -2.47. The zero-order valence-corrected chi connectivity index (χ0v) is 11.1. The lowest BCUT2D eigenvalue weighted by Crippen LogP contribution is -2.59. The monoisotopic (exact) mass is 237 g/mol. The highest BCUT2D eigenvalue weighted by Gasteiger charge is 2.47. The number of amides is 1. The highest BCUT2D eigenvalue weighted by Crippen LogP contribution is 2.38. The fraction of sp³-hybridized carbons (Fsp3) is 0.769. The van der Waals surface area contributed by atoms with Gasteiger partial charge in [-0.05, 0) is 34.1 Å². The van der Waals surface area contributed by atoms with Crippen LogP contribution in [0, 0.1) is 5.41 Å². The molecule has 2 rings (SSSR count). The van der Waals surface area contributed by atoms with Crippen LogP contribution in [-0.4, -0.2) is 74.5 Å². The molecule has 96 valence electrons. The summed E-state index contributed by atoms with van der Waals surface area (Å²) in [4.78, 5) is 18.2. The summed E-state index contributed by atoms with van der Waals surface area (Å²) in [5.74, 6) is 0.173. The Morgan fingerprint density at radius 2 is 2.06 bits per heavy atom. The van der Waals surface area contributed by atoms with Crippen molar-refractivity contribution in [2.75, 3.05) is 53.9 Å². The number of likely N-dealkylation sites (tertiary alicyclic amines) is 2. The van der Waals surface area contributed by atoms with Crippen LogP contribution in [0.2, 0.25) is 0 Å². The minimum atomic E-state index is 0.173. The number of nitrogens with zero attached hydrogens (tertiary/aromatic N) is 3. The molecule has 0 aromatic carbocycles. The van der Waals surface area contributed by atoms with Crippen molar-refractivity contribution >= 4 is 5.91 Å². The van der Waals surface area contributed by atoms with Gasteiger partial charge in [0.2, 0.25) is 5.91 Å². The Morgan fingerprint density at radius 1 is 1.35 bits per heavy atom. The summed E-state index contributed by atoms with van der Waals surface area (Å²) in [7, 11) is 6.17. The predicted octanol–water partition coefficient (Wildman–Crippen LogP) is 0.268. The van der Waals surface area contributed by atoms with E-state index >= 15 is 0 Å². The molecule has 4 nitrogen and oxygen atoms in total. The van der Waals surface area contributed by atoms with E-state index in [4.69, 9.17) is 0 Å². The van der Waals surface area contributed by atoms with E-state index in [1.165, 1.54) is 13.0 Å². The molecule has 0 unspecified atom stereocenters. The fourth-order valence-electron chi connectivity index (χ4n) is 2.81. The van der Waals surface area contributed by atoms with Gasteiger partial charge in [0.25, 0.3) is 0 Å². The Bertz CT molecular complexity index is 319. The number of likely N-dealkylation sites (N-methyl/N-ethyl adjacent to an activating group) is 1. The van der Waals surface area contributed by atoms with Crippen molar-refractivity contribution in [1.29, 1.82) is 0 Å². The molecule has 2 aliphatic rings.